The van der Waals surface area contributed by atoms with Crippen LogP contribution in [-0.2, 0) is 9.59 Å². The SMILES string of the molecule is CC[C@H](NC(=O)CCC(C)(C)N)C(=O)O. The number of aliphatic carboxylic acids is 1. The Morgan fingerprint density at radius 3 is 2.33 bits per heavy atom. The number of nitrogens with one attached hydrogen (secondary N) is 1. The maximum Gasteiger partial charge on any atom is 0.326 e. The predicted molar refractivity (Wildman–Crippen MR) is 57.4 cm³/mol. The summed E-state index contributed by atoms with van der Waals surface area (Å²) in [6.45, 7) is 5.37. The van der Waals surface area contributed by atoms with Crippen LogP contribution in [0.25, 0.3) is 0 Å². The number of carboxylic acid groups (broad SMARTS) is 1. The normalized spacial score (nSPS) is 13.3. The van der Waals surface area contributed by atoms with Gasteiger partial charge in [0.15, 0.2) is 0 Å². The highest BCUT2D eigenvalue weighted by molar-refractivity contribution is 5.83. The van der Waals surface area contributed by atoms with Crippen molar-refractivity contribution in [3.05, 3.63) is 0 Å². The number of nitrogens with two attached hydrogens (primary N) is 1. The lowest BCUT2D eigenvalue weighted by Gasteiger charge is -2.18. The third-order valence-electron chi connectivity index (χ3n) is 2.04. The van der Waals surface area contributed by atoms with Crippen molar-refractivity contribution in [3.8, 4) is 0 Å². The molecule has 0 aromatic heterocycles. The second-order valence-electron chi connectivity index (χ2n) is 4.36. The summed E-state index contributed by atoms with van der Waals surface area (Å²) in [6, 6.07) is -0.793. The van der Waals surface area contributed by atoms with E-state index >= 15 is 0 Å². The molecule has 0 fully saturated rings. The Morgan fingerprint density at radius 1 is 1.47 bits per heavy atom. The number of hydrogen-bond acceptors (Lipinski definition) is 3. The van der Waals surface area contributed by atoms with Crippen molar-refractivity contribution in [1.82, 2.24) is 5.32 Å². The van der Waals surface area contributed by atoms with E-state index in [2.05, 4.69) is 5.32 Å². The largest absolute Gasteiger partial charge is 0.480 e. The fourth-order valence-corrected chi connectivity index (χ4v) is 1.04. The van der Waals surface area contributed by atoms with E-state index in [9.17, 15) is 9.59 Å². The monoisotopic (exact) mass is 216 g/mol. The van der Waals surface area contributed by atoms with Crippen LogP contribution >= 0.6 is 0 Å². The molecule has 0 rings (SSSR count). The molecular weight excluding hydrogens is 196 g/mol. The number of hydrogen-bond donors (Lipinski definition) is 3. The van der Waals surface area contributed by atoms with Gasteiger partial charge in [0.2, 0.25) is 5.91 Å². The molecule has 0 radical (unpaired) electrons. The maximum atomic E-state index is 11.3. The van der Waals surface area contributed by atoms with Crippen molar-refractivity contribution in [2.45, 2.75) is 51.6 Å². The van der Waals surface area contributed by atoms with Gasteiger partial charge in [-0.2, -0.15) is 0 Å². The quantitative estimate of drug-likeness (QED) is 0.602. The van der Waals surface area contributed by atoms with Gasteiger partial charge in [-0.05, 0) is 26.7 Å². The first-order valence-corrected chi connectivity index (χ1v) is 5.07. The number of rotatable bonds is 6. The Bertz CT molecular complexity index is 233. The van der Waals surface area contributed by atoms with Gasteiger partial charge in [-0.25, -0.2) is 4.79 Å². The van der Waals surface area contributed by atoms with Crippen molar-refractivity contribution in [2.24, 2.45) is 5.73 Å². The molecule has 88 valence electrons. The average molecular weight is 216 g/mol. The summed E-state index contributed by atoms with van der Waals surface area (Å²) in [5.41, 5.74) is 5.31. The van der Waals surface area contributed by atoms with Crippen LogP contribution in [0.2, 0.25) is 0 Å². The fourth-order valence-electron chi connectivity index (χ4n) is 1.04. The van der Waals surface area contributed by atoms with E-state index in [-0.39, 0.29) is 12.3 Å². The molecule has 0 aliphatic heterocycles. The van der Waals surface area contributed by atoms with Gasteiger partial charge in [0, 0.05) is 12.0 Å². The van der Waals surface area contributed by atoms with Gasteiger partial charge in [0.1, 0.15) is 6.04 Å². The summed E-state index contributed by atoms with van der Waals surface area (Å²) in [4.78, 5) is 22.0. The first-order valence-electron chi connectivity index (χ1n) is 5.07. The van der Waals surface area contributed by atoms with Gasteiger partial charge in [0.05, 0.1) is 0 Å². The summed E-state index contributed by atoms with van der Waals surface area (Å²) in [5.74, 6) is -1.26. The van der Waals surface area contributed by atoms with E-state index in [0.29, 0.717) is 12.8 Å². The van der Waals surface area contributed by atoms with E-state index in [1.165, 1.54) is 0 Å². The number of carboxylic acids is 1. The third kappa shape index (κ3) is 6.90. The van der Waals surface area contributed by atoms with Crippen molar-refractivity contribution in [2.75, 3.05) is 0 Å². The zero-order valence-electron chi connectivity index (χ0n) is 9.54. The molecule has 0 spiro atoms. The second kappa shape index (κ2) is 5.70. The zero-order valence-corrected chi connectivity index (χ0v) is 9.54. The number of carbonyl (C=O) groups excluding carboxylic acids is 1. The fraction of sp³-hybridized carbons (Fsp3) is 0.800. The number of amides is 1. The molecule has 5 nitrogen and oxygen atoms in total. The van der Waals surface area contributed by atoms with Crippen LogP contribution < -0.4 is 11.1 Å². The molecule has 0 saturated heterocycles. The lowest BCUT2D eigenvalue weighted by atomic mass is 10.00. The molecular formula is C10H20N2O3. The van der Waals surface area contributed by atoms with E-state index in [1.807, 2.05) is 13.8 Å². The maximum absolute atomic E-state index is 11.3. The summed E-state index contributed by atoms with van der Waals surface area (Å²) >= 11 is 0. The zero-order chi connectivity index (χ0) is 12.1. The summed E-state index contributed by atoms with van der Waals surface area (Å²) in [7, 11) is 0. The molecule has 1 amide bonds. The highest BCUT2D eigenvalue weighted by atomic mass is 16.4. The minimum absolute atomic E-state index is 0.257. The van der Waals surface area contributed by atoms with Crippen LogP contribution in [0.5, 0.6) is 0 Å². The lowest BCUT2D eigenvalue weighted by Crippen LogP contribution is -2.41. The molecule has 0 unspecified atom stereocenters. The Kier molecular flexibility index (Phi) is 5.28. The van der Waals surface area contributed by atoms with E-state index < -0.39 is 17.6 Å². The summed E-state index contributed by atoms with van der Waals surface area (Å²) < 4.78 is 0. The second-order valence-corrected chi connectivity index (χ2v) is 4.36. The van der Waals surface area contributed by atoms with Gasteiger partial charge in [-0.15, -0.1) is 0 Å². The highest BCUT2D eigenvalue weighted by Gasteiger charge is 2.19. The molecule has 15 heavy (non-hydrogen) atoms. The minimum Gasteiger partial charge on any atom is -0.480 e. The summed E-state index contributed by atoms with van der Waals surface area (Å²) in [6.07, 6.45) is 1.18. The minimum atomic E-state index is -1.00. The molecule has 0 saturated carbocycles. The van der Waals surface area contributed by atoms with Crippen molar-refractivity contribution >= 4 is 11.9 Å². The topological polar surface area (TPSA) is 92.4 Å². The first-order chi connectivity index (χ1) is 6.76. The van der Waals surface area contributed by atoms with Gasteiger partial charge in [0.25, 0.3) is 0 Å². The van der Waals surface area contributed by atoms with Gasteiger partial charge in [-0.3, -0.25) is 4.79 Å². The molecule has 5 heteroatoms. The third-order valence-corrected chi connectivity index (χ3v) is 2.04. The predicted octanol–water partition coefficient (Wildman–Crippen LogP) is 0.483. The van der Waals surface area contributed by atoms with Crippen LogP contribution in [0, 0.1) is 0 Å². The van der Waals surface area contributed by atoms with Crippen molar-refractivity contribution < 1.29 is 14.7 Å². The Balaban J connectivity index is 3.98. The van der Waals surface area contributed by atoms with Crippen LogP contribution in [0.1, 0.15) is 40.0 Å². The van der Waals surface area contributed by atoms with Crippen molar-refractivity contribution in [3.63, 3.8) is 0 Å². The van der Waals surface area contributed by atoms with Crippen LogP contribution in [-0.4, -0.2) is 28.6 Å². The molecule has 0 aromatic rings. The highest BCUT2D eigenvalue weighted by Crippen LogP contribution is 2.06. The smallest absolute Gasteiger partial charge is 0.326 e. The van der Waals surface area contributed by atoms with Crippen LogP contribution in [0.3, 0.4) is 0 Å². The molecule has 0 aromatic carbocycles. The molecule has 0 heterocycles. The lowest BCUT2D eigenvalue weighted by molar-refractivity contribution is -0.141. The summed E-state index contributed by atoms with van der Waals surface area (Å²) in [5, 5.41) is 11.2. The van der Waals surface area contributed by atoms with E-state index in [4.69, 9.17) is 10.8 Å². The Hall–Kier alpha value is -1.10. The first kappa shape index (κ1) is 13.9. The number of carbonyl (C=O) groups is 2. The average Bonchev–Trinajstić information content (AvgIpc) is 2.09. The van der Waals surface area contributed by atoms with E-state index in [0.717, 1.165) is 0 Å². The molecule has 0 bridgehead atoms. The molecule has 0 aliphatic carbocycles. The van der Waals surface area contributed by atoms with E-state index in [1.54, 1.807) is 6.92 Å². The molecule has 4 N–H and O–H groups in total. The van der Waals surface area contributed by atoms with Crippen molar-refractivity contribution in [1.29, 1.82) is 0 Å². The Morgan fingerprint density at radius 2 is 2.00 bits per heavy atom. The standard InChI is InChI=1S/C10H20N2O3/c1-4-7(9(14)15)12-8(13)5-6-10(2,3)11/h7H,4-6,11H2,1-3H3,(H,12,13)(H,14,15)/t7-/m0/s1. The molecule has 0 aliphatic rings. The van der Waals surface area contributed by atoms with Gasteiger partial charge < -0.3 is 16.2 Å². The molecule has 1 atom stereocenters. The van der Waals surface area contributed by atoms with Gasteiger partial charge >= 0.3 is 5.97 Å². The van der Waals surface area contributed by atoms with Gasteiger partial charge in [-0.1, -0.05) is 6.92 Å². The van der Waals surface area contributed by atoms with Crippen LogP contribution in [0.4, 0.5) is 0 Å². The Labute approximate surface area is 90.0 Å². The van der Waals surface area contributed by atoms with Crippen LogP contribution in [0.15, 0.2) is 0 Å².